The molecule has 27 heavy (non-hydrogen) atoms. The van der Waals surface area contributed by atoms with E-state index in [4.69, 9.17) is 0 Å². The van der Waals surface area contributed by atoms with E-state index >= 15 is 0 Å². The fraction of sp³-hybridized carbons (Fsp3) is 0.421. The molecule has 1 saturated heterocycles. The Morgan fingerprint density at radius 1 is 1.07 bits per heavy atom. The molecule has 1 atom stereocenters. The summed E-state index contributed by atoms with van der Waals surface area (Å²) in [7, 11) is -3.42. The maximum atomic E-state index is 12.8. The Morgan fingerprint density at radius 3 is 2.59 bits per heavy atom. The quantitative estimate of drug-likeness (QED) is 0.819. The van der Waals surface area contributed by atoms with E-state index < -0.39 is 10.0 Å². The van der Waals surface area contributed by atoms with Crippen molar-refractivity contribution in [2.24, 2.45) is 5.92 Å². The number of hydrogen-bond donors (Lipinski definition) is 1. The Labute approximate surface area is 168 Å². The molecule has 144 valence electrons. The van der Waals surface area contributed by atoms with Crippen molar-refractivity contribution < 1.29 is 13.2 Å². The number of thioether (sulfide) groups is 1. The minimum absolute atomic E-state index is 0.0508. The van der Waals surface area contributed by atoms with Crippen LogP contribution in [0.3, 0.4) is 0 Å². The molecule has 0 bridgehead atoms. The van der Waals surface area contributed by atoms with Crippen LogP contribution in [0.4, 0.5) is 0 Å². The molecule has 2 aliphatic heterocycles. The molecule has 0 aliphatic carbocycles. The smallest absolute Gasteiger partial charge is 0.252 e. The summed E-state index contributed by atoms with van der Waals surface area (Å²) in [6, 6.07) is 11.7. The van der Waals surface area contributed by atoms with E-state index in [1.54, 1.807) is 17.5 Å². The number of piperidine rings is 1. The fourth-order valence-corrected chi connectivity index (χ4v) is 7.42. The van der Waals surface area contributed by atoms with Crippen molar-refractivity contribution >= 4 is 39.0 Å². The zero-order valence-electron chi connectivity index (χ0n) is 14.8. The highest BCUT2D eigenvalue weighted by molar-refractivity contribution is 7.99. The molecule has 1 N–H and O–H groups in total. The summed E-state index contributed by atoms with van der Waals surface area (Å²) in [4.78, 5) is 14.0. The van der Waals surface area contributed by atoms with Gasteiger partial charge in [-0.05, 0) is 42.3 Å². The summed E-state index contributed by atoms with van der Waals surface area (Å²) in [5.41, 5.74) is 1.19. The van der Waals surface area contributed by atoms with Crippen molar-refractivity contribution in [3.8, 4) is 0 Å². The molecule has 3 heterocycles. The number of fused-ring (bicyclic) bond motifs is 1. The van der Waals surface area contributed by atoms with Crippen LogP contribution >= 0.6 is 23.1 Å². The van der Waals surface area contributed by atoms with Gasteiger partial charge in [0.15, 0.2) is 0 Å². The molecule has 1 aromatic carbocycles. The molecule has 1 fully saturated rings. The molecule has 8 heteroatoms. The number of thiophene rings is 1. The van der Waals surface area contributed by atoms with E-state index in [1.807, 2.05) is 23.9 Å². The van der Waals surface area contributed by atoms with Gasteiger partial charge in [-0.25, -0.2) is 8.42 Å². The summed E-state index contributed by atoms with van der Waals surface area (Å²) in [6.45, 7) is 0.796. The molecule has 4 rings (SSSR count). The molecule has 2 aromatic rings. The normalized spacial score (nSPS) is 21.6. The van der Waals surface area contributed by atoms with Crippen LogP contribution in [0.15, 0.2) is 50.9 Å². The van der Waals surface area contributed by atoms with E-state index in [0.717, 1.165) is 12.2 Å². The number of sulfonamides is 1. The first-order valence-electron chi connectivity index (χ1n) is 9.11. The molecule has 2 aliphatic rings. The lowest BCUT2D eigenvalue weighted by Crippen LogP contribution is -2.43. The van der Waals surface area contributed by atoms with E-state index in [2.05, 4.69) is 17.4 Å². The number of carbonyl (C=O) groups excluding carboxylic acids is 1. The van der Waals surface area contributed by atoms with Crippen LogP contribution in [-0.4, -0.2) is 37.5 Å². The van der Waals surface area contributed by atoms with Crippen molar-refractivity contribution in [1.29, 1.82) is 0 Å². The number of amides is 1. The maximum absolute atomic E-state index is 12.8. The lowest BCUT2D eigenvalue weighted by molar-refractivity contribution is -0.126. The number of nitrogens with one attached hydrogen (secondary N) is 1. The SMILES string of the molecule is O=C(NC1CCSc2ccccc21)C1CCN(S(=O)(=O)c2cccs2)CC1. The molecule has 5 nitrogen and oxygen atoms in total. The Balaban J connectivity index is 1.37. The first-order valence-corrected chi connectivity index (χ1v) is 12.4. The van der Waals surface area contributed by atoms with Crippen LogP contribution in [0.1, 0.15) is 30.9 Å². The minimum Gasteiger partial charge on any atom is -0.349 e. The third-order valence-electron chi connectivity index (χ3n) is 5.19. The maximum Gasteiger partial charge on any atom is 0.252 e. The lowest BCUT2D eigenvalue weighted by Gasteiger charge is -2.32. The predicted molar refractivity (Wildman–Crippen MR) is 108 cm³/mol. The number of rotatable bonds is 4. The van der Waals surface area contributed by atoms with Gasteiger partial charge in [-0.2, -0.15) is 4.31 Å². The Bertz CT molecular complexity index is 904. The summed E-state index contributed by atoms with van der Waals surface area (Å²) < 4.78 is 27.1. The molecular weight excluding hydrogens is 400 g/mol. The fourth-order valence-electron chi connectivity index (χ4n) is 3.68. The molecule has 0 radical (unpaired) electrons. The molecule has 1 amide bonds. The van der Waals surface area contributed by atoms with Crippen molar-refractivity contribution in [1.82, 2.24) is 9.62 Å². The van der Waals surface area contributed by atoms with Crippen molar-refractivity contribution in [3.63, 3.8) is 0 Å². The van der Waals surface area contributed by atoms with Crippen LogP contribution in [0.25, 0.3) is 0 Å². The highest BCUT2D eigenvalue weighted by atomic mass is 32.2. The van der Waals surface area contributed by atoms with E-state index in [1.165, 1.54) is 26.1 Å². The monoisotopic (exact) mass is 422 g/mol. The van der Waals surface area contributed by atoms with Crippen LogP contribution in [-0.2, 0) is 14.8 Å². The third kappa shape index (κ3) is 3.94. The molecule has 1 aromatic heterocycles. The van der Waals surface area contributed by atoms with Crippen LogP contribution in [0, 0.1) is 5.92 Å². The van der Waals surface area contributed by atoms with Gasteiger partial charge in [0.1, 0.15) is 4.21 Å². The highest BCUT2D eigenvalue weighted by Gasteiger charge is 2.33. The Kier molecular flexibility index (Phi) is 5.59. The van der Waals surface area contributed by atoms with Crippen LogP contribution in [0.5, 0.6) is 0 Å². The Hall–Kier alpha value is -1.35. The second-order valence-electron chi connectivity index (χ2n) is 6.85. The Morgan fingerprint density at radius 2 is 1.85 bits per heavy atom. The number of benzene rings is 1. The molecule has 1 unspecified atom stereocenters. The van der Waals surface area contributed by atoms with Crippen molar-refractivity contribution in [2.45, 2.75) is 34.4 Å². The average Bonchev–Trinajstić information content (AvgIpc) is 3.24. The summed E-state index contributed by atoms with van der Waals surface area (Å²) in [5.74, 6) is 0.927. The third-order valence-corrected chi connectivity index (χ3v) is 9.58. The van der Waals surface area contributed by atoms with Gasteiger partial charge in [-0.1, -0.05) is 24.3 Å². The van der Waals surface area contributed by atoms with Crippen molar-refractivity contribution in [3.05, 3.63) is 47.3 Å². The van der Waals surface area contributed by atoms with Gasteiger partial charge in [0, 0.05) is 29.7 Å². The van der Waals surface area contributed by atoms with Gasteiger partial charge < -0.3 is 5.32 Å². The topological polar surface area (TPSA) is 66.5 Å². The second-order valence-corrected chi connectivity index (χ2v) is 11.1. The summed E-state index contributed by atoms with van der Waals surface area (Å²) in [5, 5.41) is 4.98. The molecule has 0 spiro atoms. The summed E-state index contributed by atoms with van der Waals surface area (Å²) >= 11 is 3.07. The lowest BCUT2D eigenvalue weighted by atomic mass is 9.95. The largest absolute Gasteiger partial charge is 0.349 e. The van der Waals surface area contributed by atoms with Gasteiger partial charge in [-0.15, -0.1) is 23.1 Å². The van der Waals surface area contributed by atoms with Gasteiger partial charge in [0.25, 0.3) is 10.0 Å². The van der Waals surface area contributed by atoms with Crippen LogP contribution < -0.4 is 5.32 Å². The number of hydrogen-bond acceptors (Lipinski definition) is 5. The number of carbonyl (C=O) groups is 1. The second kappa shape index (κ2) is 7.95. The minimum atomic E-state index is -3.42. The van der Waals surface area contributed by atoms with E-state index in [0.29, 0.717) is 30.1 Å². The van der Waals surface area contributed by atoms with Gasteiger partial charge in [0.05, 0.1) is 6.04 Å². The predicted octanol–water partition coefficient (Wildman–Crippen LogP) is 3.50. The average molecular weight is 423 g/mol. The zero-order valence-corrected chi connectivity index (χ0v) is 17.3. The summed E-state index contributed by atoms with van der Waals surface area (Å²) in [6.07, 6.45) is 2.07. The van der Waals surface area contributed by atoms with Gasteiger partial charge in [0.2, 0.25) is 5.91 Å². The van der Waals surface area contributed by atoms with Crippen molar-refractivity contribution in [2.75, 3.05) is 18.8 Å². The van der Waals surface area contributed by atoms with Crippen LogP contribution in [0.2, 0.25) is 0 Å². The molecular formula is C19H22N2O3S3. The zero-order chi connectivity index (χ0) is 18.9. The molecule has 0 saturated carbocycles. The number of nitrogens with zero attached hydrogens (tertiary/aromatic N) is 1. The highest BCUT2D eigenvalue weighted by Crippen LogP contribution is 2.36. The first-order chi connectivity index (χ1) is 13.1. The van der Waals surface area contributed by atoms with Gasteiger partial charge in [-0.3, -0.25) is 4.79 Å². The van der Waals surface area contributed by atoms with E-state index in [-0.39, 0.29) is 17.9 Å². The first kappa shape index (κ1) is 19.0. The van der Waals surface area contributed by atoms with E-state index in [9.17, 15) is 13.2 Å². The van der Waals surface area contributed by atoms with Gasteiger partial charge >= 0.3 is 0 Å². The standard InChI is InChI=1S/C19H22N2O3S3/c22-19(20-16-9-13-25-17-5-2-1-4-15(16)17)14-7-10-21(11-8-14)27(23,24)18-6-3-12-26-18/h1-6,12,14,16H,7-11,13H2,(H,20,22).